The van der Waals surface area contributed by atoms with Crippen molar-refractivity contribution in [1.82, 2.24) is 5.32 Å². The van der Waals surface area contributed by atoms with Gasteiger partial charge in [0.1, 0.15) is 0 Å². The summed E-state index contributed by atoms with van der Waals surface area (Å²) in [7, 11) is 2.06. The minimum Gasteiger partial charge on any atom is -0.309 e. The van der Waals surface area contributed by atoms with Gasteiger partial charge in [0.15, 0.2) is 0 Å². The Balaban J connectivity index is 2.57. The van der Waals surface area contributed by atoms with Crippen LogP contribution in [0.3, 0.4) is 0 Å². The molecule has 0 radical (unpaired) electrons. The summed E-state index contributed by atoms with van der Waals surface area (Å²) in [5.41, 5.74) is 6.98. The fourth-order valence-corrected chi connectivity index (χ4v) is 3.50. The first-order chi connectivity index (χ1) is 10.1. The van der Waals surface area contributed by atoms with Gasteiger partial charge < -0.3 is 5.32 Å². The number of hydrogen-bond donors (Lipinski definition) is 1. The van der Waals surface area contributed by atoms with Gasteiger partial charge in [0.2, 0.25) is 0 Å². The van der Waals surface area contributed by atoms with Gasteiger partial charge in [0, 0.05) is 3.57 Å². The van der Waals surface area contributed by atoms with E-state index in [1.807, 2.05) is 0 Å². The Morgan fingerprint density at radius 1 is 1.05 bits per heavy atom. The van der Waals surface area contributed by atoms with Crippen LogP contribution < -0.4 is 5.32 Å². The van der Waals surface area contributed by atoms with E-state index in [1.165, 1.54) is 31.4 Å². The molecule has 0 spiro atoms. The monoisotopic (exact) mass is 393 g/mol. The van der Waals surface area contributed by atoms with E-state index in [0.29, 0.717) is 0 Å². The summed E-state index contributed by atoms with van der Waals surface area (Å²) in [5.74, 6) is 0. The zero-order valence-corrected chi connectivity index (χ0v) is 15.5. The van der Waals surface area contributed by atoms with Crippen molar-refractivity contribution in [1.29, 1.82) is 0 Å². The van der Waals surface area contributed by atoms with Crippen molar-refractivity contribution in [2.45, 2.75) is 39.7 Å². The van der Waals surface area contributed by atoms with E-state index in [4.69, 9.17) is 0 Å². The number of benzene rings is 2. The van der Waals surface area contributed by atoms with E-state index >= 15 is 0 Å². The number of halogens is 1. The van der Waals surface area contributed by atoms with Crippen LogP contribution in [-0.4, -0.2) is 7.05 Å². The van der Waals surface area contributed by atoms with Gasteiger partial charge in [0.05, 0.1) is 6.04 Å². The normalized spacial score (nSPS) is 12.4. The molecule has 0 saturated heterocycles. The molecule has 1 N–H and O–H groups in total. The van der Waals surface area contributed by atoms with E-state index in [0.717, 1.165) is 12.8 Å². The first-order valence-electron chi connectivity index (χ1n) is 7.66. The van der Waals surface area contributed by atoms with Crippen LogP contribution >= 0.6 is 22.6 Å². The van der Waals surface area contributed by atoms with Crippen molar-refractivity contribution < 1.29 is 0 Å². The minimum absolute atomic E-state index is 0.262. The second-order valence-corrected chi connectivity index (χ2v) is 6.52. The lowest BCUT2D eigenvalue weighted by molar-refractivity contribution is 0.679. The van der Waals surface area contributed by atoms with Gasteiger partial charge in [-0.25, -0.2) is 0 Å². The van der Waals surface area contributed by atoms with E-state index in [1.54, 1.807) is 0 Å². The smallest absolute Gasteiger partial charge is 0.0587 e. The molecule has 0 heterocycles. The Hall–Kier alpha value is -0.870. The van der Waals surface area contributed by atoms with Gasteiger partial charge in [-0.1, -0.05) is 50.2 Å². The highest BCUT2D eigenvalue weighted by atomic mass is 127. The molecule has 112 valence electrons. The van der Waals surface area contributed by atoms with Crippen LogP contribution in [0.5, 0.6) is 0 Å². The topological polar surface area (TPSA) is 12.0 Å². The SMILES string of the molecule is CCc1ccc(CC)c(C(NC)c2cccc(C)c2I)c1. The first-order valence-corrected chi connectivity index (χ1v) is 8.74. The van der Waals surface area contributed by atoms with Crippen LogP contribution in [0, 0.1) is 10.5 Å². The molecular formula is C19H24IN. The van der Waals surface area contributed by atoms with E-state index < -0.39 is 0 Å². The summed E-state index contributed by atoms with van der Waals surface area (Å²) in [6.45, 7) is 6.63. The standard InChI is InChI=1S/C19H24IN/c1-5-14-10-11-15(6-2)17(12-14)19(21-4)16-9-7-8-13(3)18(16)20/h7-12,19,21H,5-6H2,1-4H3. The lowest BCUT2D eigenvalue weighted by Gasteiger charge is -2.23. The molecule has 21 heavy (non-hydrogen) atoms. The highest BCUT2D eigenvalue weighted by Crippen LogP contribution is 2.31. The molecule has 2 heteroatoms. The fraction of sp³-hybridized carbons (Fsp3) is 0.368. The second-order valence-electron chi connectivity index (χ2n) is 5.44. The quantitative estimate of drug-likeness (QED) is 0.703. The van der Waals surface area contributed by atoms with E-state index in [-0.39, 0.29) is 6.04 Å². The average Bonchev–Trinajstić information content (AvgIpc) is 2.52. The van der Waals surface area contributed by atoms with E-state index in [2.05, 4.69) is 92.1 Å². The Morgan fingerprint density at radius 2 is 1.81 bits per heavy atom. The fourth-order valence-electron chi connectivity index (χ4n) is 2.83. The molecule has 0 bridgehead atoms. The Morgan fingerprint density at radius 3 is 2.43 bits per heavy atom. The molecule has 0 amide bonds. The maximum atomic E-state index is 3.52. The van der Waals surface area contributed by atoms with Crippen LogP contribution in [-0.2, 0) is 12.8 Å². The molecule has 0 aliphatic rings. The Labute approximate surface area is 142 Å². The molecule has 2 aromatic carbocycles. The molecule has 1 nitrogen and oxygen atoms in total. The maximum Gasteiger partial charge on any atom is 0.0587 e. The Kier molecular flexibility index (Phi) is 5.82. The van der Waals surface area contributed by atoms with Gasteiger partial charge in [-0.15, -0.1) is 0 Å². The number of aryl methyl sites for hydroxylation is 3. The van der Waals surface area contributed by atoms with E-state index in [9.17, 15) is 0 Å². The molecule has 2 rings (SSSR count). The third-order valence-corrected chi connectivity index (χ3v) is 5.61. The molecule has 0 aliphatic heterocycles. The van der Waals surface area contributed by atoms with Crippen molar-refractivity contribution in [3.8, 4) is 0 Å². The molecule has 0 aliphatic carbocycles. The average molecular weight is 393 g/mol. The minimum atomic E-state index is 0.262. The Bertz CT molecular complexity index is 619. The van der Waals surface area contributed by atoms with Gasteiger partial charge in [-0.05, 0) is 77.2 Å². The molecule has 1 unspecified atom stereocenters. The lowest BCUT2D eigenvalue weighted by atomic mass is 9.91. The lowest BCUT2D eigenvalue weighted by Crippen LogP contribution is -2.20. The van der Waals surface area contributed by atoms with Crippen molar-refractivity contribution >= 4 is 22.6 Å². The first kappa shape index (κ1) is 16.5. The number of rotatable bonds is 5. The summed E-state index contributed by atoms with van der Waals surface area (Å²) in [5, 5.41) is 3.52. The third-order valence-electron chi connectivity index (χ3n) is 4.13. The van der Waals surface area contributed by atoms with Crippen LogP contribution in [0.2, 0.25) is 0 Å². The number of nitrogens with one attached hydrogen (secondary N) is 1. The van der Waals surface area contributed by atoms with Crippen molar-refractivity contribution in [2.24, 2.45) is 0 Å². The molecule has 0 saturated carbocycles. The zero-order chi connectivity index (χ0) is 15.4. The van der Waals surface area contributed by atoms with Crippen molar-refractivity contribution in [2.75, 3.05) is 7.05 Å². The summed E-state index contributed by atoms with van der Waals surface area (Å²) in [6.07, 6.45) is 2.15. The highest BCUT2D eigenvalue weighted by Gasteiger charge is 2.18. The van der Waals surface area contributed by atoms with Gasteiger partial charge in [-0.3, -0.25) is 0 Å². The molecule has 2 aromatic rings. The molecular weight excluding hydrogens is 369 g/mol. The van der Waals surface area contributed by atoms with Crippen LogP contribution in [0.25, 0.3) is 0 Å². The van der Waals surface area contributed by atoms with Gasteiger partial charge in [0.25, 0.3) is 0 Å². The molecule has 0 fully saturated rings. The van der Waals surface area contributed by atoms with Crippen LogP contribution in [0.15, 0.2) is 36.4 Å². The predicted octanol–water partition coefficient (Wildman–Crippen LogP) is 5.03. The van der Waals surface area contributed by atoms with Gasteiger partial charge >= 0.3 is 0 Å². The molecule has 0 aromatic heterocycles. The van der Waals surface area contributed by atoms with Crippen molar-refractivity contribution in [3.05, 3.63) is 67.8 Å². The largest absolute Gasteiger partial charge is 0.309 e. The third kappa shape index (κ3) is 3.49. The molecule has 1 atom stereocenters. The zero-order valence-electron chi connectivity index (χ0n) is 13.3. The highest BCUT2D eigenvalue weighted by molar-refractivity contribution is 14.1. The summed E-state index contributed by atoms with van der Waals surface area (Å²) in [6, 6.07) is 13.8. The second kappa shape index (κ2) is 7.41. The maximum absolute atomic E-state index is 3.52. The summed E-state index contributed by atoms with van der Waals surface area (Å²) in [4.78, 5) is 0. The number of hydrogen-bond acceptors (Lipinski definition) is 1. The van der Waals surface area contributed by atoms with Crippen LogP contribution in [0.1, 0.15) is 47.7 Å². The predicted molar refractivity (Wildman–Crippen MR) is 100.0 cm³/mol. The van der Waals surface area contributed by atoms with Gasteiger partial charge in [-0.2, -0.15) is 0 Å². The summed E-state index contributed by atoms with van der Waals surface area (Å²) < 4.78 is 1.36. The summed E-state index contributed by atoms with van der Waals surface area (Å²) >= 11 is 2.47. The van der Waals surface area contributed by atoms with Crippen molar-refractivity contribution in [3.63, 3.8) is 0 Å². The van der Waals surface area contributed by atoms with Crippen LogP contribution in [0.4, 0.5) is 0 Å².